The molecule has 2 heterocycles. The van der Waals surface area contributed by atoms with Gasteiger partial charge in [0.2, 0.25) is 0 Å². The van der Waals surface area contributed by atoms with E-state index in [0.29, 0.717) is 30.0 Å². The third kappa shape index (κ3) is 1.19. The molecule has 0 saturated heterocycles. The molecule has 1 aromatic heterocycles. The van der Waals surface area contributed by atoms with Crippen molar-refractivity contribution in [2.75, 3.05) is 13.7 Å². The number of benzene rings is 1. The Morgan fingerprint density at radius 2 is 2.31 bits per heavy atom. The summed E-state index contributed by atoms with van der Waals surface area (Å²) >= 11 is 0. The number of ether oxygens (including phenoxy) is 2. The highest BCUT2D eigenvalue weighted by molar-refractivity contribution is 5.81. The number of methoxy groups -OCH3 is 1. The fourth-order valence-electron chi connectivity index (χ4n) is 2.02. The highest BCUT2D eigenvalue weighted by Gasteiger charge is 2.18. The molecule has 3 rings (SSSR count). The molecule has 0 amide bonds. The maximum atomic E-state index is 12.1. The first kappa shape index (κ1) is 9.27. The normalized spacial score (nSPS) is 13.6. The summed E-state index contributed by atoms with van der Waals surface area (Å²) < 4.78 is 10.5. The Morgan fingerprint density at radius 3 is 3.12 bits per heavy atom. The van der Waals surface area contributed by atoms with Crippen LogP contribution in [0.1, 0.15) is 5.56 Å². The number of aromatic amines is 1. The second-order valence-electron chi connectivity index (χ2n) is 3.77. The molecule has 16 heavy (non-hydrogen) atoms. The fourth-order valence-corrected chi connectivity index (χ4v) is 2.02. The molecule has 1 aromatic carbocycles. The molecule has 0 saturated carbocycles. The summed E-state index contributed by atoms with van der Waals surface area (Å²) in [4.78, 5) is 15.3. The standard InChI is InChI=1S/C12H11NO3/c1-15-7-2-3-10-9(6-7)11(14)8-4-5-16-12(8)13-10/h2-3,6H,4-5H2,1H3,(H,13,14). The quantitative estimate of drug-likeness (QED) is 0.787. The van der Waals surface area contributed by atoms with E-state index in [9.17, 15) is 4.79 Å². The van der Waals surface area contributed by atoms with Gasteiger partial charge < -0.3 is 14.5 Å². The number of pyridine rings is 1. The van der Waals surface area contributed by atoms with Gasteiger partial charge in [0.05, 0.1) is 24.8 Å². The minimum atomic E-state index is 0.0418. The third-order valence-corrected chi connectivity index (χ3v) is 2.87. The maximum Gasteiger partial charge on any atom is 0.198 e. The van der Waals surface area contributed by atoms with Crippen molar-refractivity contribution in [3.63, 3.8) is 0 Å². The Hall–Kier alpha value is -1.97. The predicted octanol–water partition coefficient (Wildman–Crippen LogP) is 1.47. The van der Waals surface area contributed by atoms with E-state index in [-0.39, 0.29) is 5.43 Å². The number of hydrogen-bond donors (Lipinski definition) is 1. The SMILES string of the molecule is COc1ccc2[nH]c3c(c(=O)c2c1)CCO3. The topological polar surface area (TPSA) is 51.3 Å². The summed E-state index contributed by atoms with van der Waals surface area (Å²) in [6.07, 6.45) is 0.678. The summed E-state index contributed by atoms with van der Waals surface area (Å²) in [5.41, 5.74) is 1.56. The van der Waals surface area contributed by atoms with Gasteiger partial charge in [-0.05, 0) is 18.2 Å². The Morgan fingerprint density at radius 1 is 1.44 bits per heavy atom. The number of fused-ring (bicyclic) bond motifs is 2. The lowest BCUT2D eigenvalue weighted by Crippen LogP contribution is -2.08. The molecular formula is C12H11NO3. The Labute approximate surface area is 91.8 Å². The van der Waals surface area contributed by atoms with E-state index in [1.165, 1.54) is 0 Å². The molecule has 82 valence electrons. The van der Waals surface area contributed by atoms with Gasteiger partial charge in [-0.1, -0.05) is 0 Å². The fraction of sp³-hybridized carbons (Fsp3) is 0.250. The van der Waals surface area contributed by atoms with Crippen LogP contribution >= 0.6 is 0 Å². The van der Waals surface area contributed by atoms with Gasteiger partial charge >= 0.3 is 0 Å². The highest BCUT2D eigenvalue weighted by atomic mass is 16.5. The van der Waals surface area contributed by atoms with Crippen LogP contribution in [0.4, 0.5) is 0 Å². The van der Waals surface area contributed by atoms with Crippen LogP contribution in [0.3, 0.4) is 0 Å². The first-order valence-corrected chi connectivity index (χ1v) is 5.15. The number of rotatable bonds is 1. The molecule has 2 aromatic rings. The Balaban J connectivity index is 2.38. The van der Waals surface area contributed by atoms with Gasteiger partial charge in [0.25, 0.3) is 0 Å². The van der Waals surface area contributed by atoms with Gasteiger partial charge in [0.15, 0.2) is 11.3 Å². The summed E-state index contributed by atoms with van der Waals surface area (Å²) in [6, 6.07) is 5.41. The number of hydrogen-bond acceptors (Lipinski definition) is 3. The van der Waals surface area contributed by atoms with Crippen molar-refractivity contribution in [2.24, 2.45) is 0 Å². The zero-order chi connectivity index (χ0) is 11.1. The summed E-state index contributed by atoms with van der Waals surface area (Å²) in [6.45, 7) is 0.578. The molecule has 0 radical (unpaired) electrons. The lowest BCUT2D eigenvalue weighted by molar-refractivity contribution is 0.346. The highest BCUT2D eigenvalue weighted by Crippen LogP contribution is 2.24. The predicted molar refractivity (Wildman–Crippen MR) is 60.3 cm³/mol. The van der Waals surface area contributed by atoms with E-state index >= 15 is 0 Å². The largest absolute Gasteiger partial charge is 0.497 e. The minimum Gasteiger partial charge on any atom is -0.497 e. The summed E-state index contributed by atoms with van der Waals surface area (Å²) in [7, 11) is 1.59. The van der Waals surface area contributed by atoms with Gasteiger partial charge in [-0.3, -0.25) is 4.79 Å². The van der Waals surface area contributed by atoms with E-state index in [2.05, 4.69) is 4.98 Å². The van der Waals surface area contributed by atoms with Crippen molar-refractivity contribution in [3.05, 3.63) is 34.0 Å². The second kappa shape index (κ2) is 3.27. The molecule has 0 bridgehead atoms. The summed E-state index contributed by atoms with van der Waals surface area (Å²) in [5.74, 6) is 1.31. The average Bonchev–Trinajstić information content (AvgIpc) is 2.77. The third-order valence-electron chi connectivity index (χ3n) is 2.87. The van der Waals surface area contributed by atoms with E-state index in [1.54, 1.807) is 13.2 Å². The zero-order valence-electron chi connectivity index (χ0n) is 8.87. The van der Waals surface area contributed by atoms with Crippen molar-refractivity contribution >= 4 is 10.9 Å². The van der Waals surface area contributed by atoms with Crippen LogP contribution in [0, 0.1) is 0 Å². The molecule has 4 heteroatoms. The molecule has 4 nitrogen and oxygen atoms in total. The van der Waals surface area contributed by atoms with E-state index in [4.69, 9.17) is 9.47 Å². The van der Waals surface area contributed by atoms with Crippen LogP contribution in [0.2, 0.25) is 0 Å². The molecule has 0 aliphatic carbocycles. The van der Waals surface area contributed by atoms with Gasteiger partial charge in [-0.15, -0.1) is 0 Å². The summed E-state index contributed by atoms with van der Waals surface area (Å²) in [5, 5.41) is 0.656. The number of nitrogens with one attached hydrogen (secondary N) is 1. The van der Waals surface area contributed by atoms with Crippen molar-refractivity contribution in [2.45, 2.75) is 6.42 Å². The first-order chi connectivity index (χ1) is 7.79. The molecule has 0 unspecified atom stereocenters. The molecule has 1 aliphatic rings. The molecule has 1 aliphatic heterocycles. The van der Waals surface area contributed by atoms with Crippen molar-refractivity contribution in [1.82, 2.24) is 4.98 Å². The monoisotopic (exact) mass is 217 g/mol. The lowest BCUT2D eigenvalue weighted by Gasteiger charge is -2.04. The average molecular weight is 217 g/mol. The Kier molecular flexibility index (Phi) is 1.89. The number of aromatic nitrogens is 1. The van der Waals surface area contributed by atoms with Crippen molar-refractivity contribution < 1.29 is 9.47 Å². The van der Waals surface area contributed by atoms with Crippen LogP contribution < -0.4 is 14.9 Å². The van der Waals surface area contributed by atoms with Gasteiger partial charge in [-0.2, -0.15) is 0 Å². The van der Waals surface area contributed by atoms with E-state index in [0.717, 1.165) is 11.1 Å². The second-order valence-corrected chi connectivity index (χ2v) is 3.77. The molecule has 0 spiro atoms. The Bertz CT molecular complexity index is 615. The maximum absolute atomic E-state index is 12.1. The van der Waals surface area contributed by atoms with Crippen LogP contribution in [-0.2, 0) is 6.42 Å². The van der Waals surface area contributed by atoms with Crippen molar-refractivity contribution in [1.29, 1.82) is 0 Å². The van der Waals surface area contributed by atoms with Crippen LogP contribution in [0.5, 0.6) is 11.6 Å². The molecule has 0 fully saturated rings. The number of H-pyrrole nitrogens is 1. The van der Waals surface area contributed by atoms with Gasteiger partial charge in [0.1, 0.15) is 5.75 Å². The van der Waals surface area contributed by atoms with E-state index in [1.807, 2.05) is 12.1 Å². The van der Waals surface area contributed by atoms with Gasteiger partial charge in [-0.25, -0.2) is 0 Å². The van der Waals surface area contributed by atoms with Gasteiger partial charge in [0, 0.05) is 11.8 Å². The van der Waals surface area contributed by atoms with Crippen molar-refractivity contribution in [3.8, 4) is 11.6 Å². The molecule has 0 atom stereocenters. The van der Waals surface area contributed by atoms with Crippen LogP contribution in [0.25, 0.3) is 10.9 Å². The first-order valence-electron chi connectivity index (χ1n) is 5.15. The smallest absolute Gasteiger partial charge is 0.198 e. The minimum absolute atomic E-state index is 0.0418. The van der Waals surface area contributed by atoms with E-state index < -0.39 is 0 Å². The molecular weight excluding hydrogens is 206 g/mol. The zero-order valence-corrected chi connectivity index (χ0v) is 8.87. The lowest BCUT2D eigenvalue weighted by atomic mass is 10.1. The van der Waals surface area contributed by atoms with Crippen LogP contribution in [-0.4, -0.2) is 18.7 Å². The van der Waals surface area contributed by atoms with Crippen LogP contribution in [0.15, 0.2) is 23.0 Å². The molecule has 1 N–H and O–H groups in total.